The second kappa shape index (κ2) is 5.49. The molecule has 114 valence electrons. The molecule has 0 unspecified atom stereocenters. The third-order valence-corrected chi connectivity index (χ3v) is 4.95. The average molecular weight is 322 g/mol. The van der Waals surface area contributed by atoms with Crippen molar-refractivity contribution in [1.29, 1.82) is 5.26 Å². The molecule has 0 aliphatic rings. The fourth-order valence-electron chi connectivity index (χ4n) is 2.58. The third kappa shape index (κ3) is 2.69. The lowest BCUT2D eigenvalue weighted by Crippen LogP contribution is -1.98. The number of nitriles is 1. The molecule has 1 aromatic heterocycles. The Balaban J connectivity index is 2.26. The predicted octanol–water partition coefficient (Wildman–Crippen LogP) is 3.49. The van der Waals surface area contributed by atoms with Crippen LogP contribution in [0.1, 0.15) is 11.1 Å². The van der Waals surface area contributed by atoms with Crippen molar-refractivity contribution in [3.05, 3.63) is 59.7 Å². The van der Waals surface area contributed by atoms with Crippen LogP contribution in [0.25, 0.3) is 22.2 Å². The van der Waals surface area contributed by atoms with Crippen LogP contribution in [0, 0.1) is 18.3 Å². The Kier molecular flexibility index (Phi) is 3.63. The first-order chi connectivity index (χ1) is 10.9. The van der Waals surface area contributed by atoms with Gasteiger partial charge in [-0.3, -0.25) is 0 Å². The number of pyridine rings is 1. The fourth-order valence-corrected chi connectivity index (χ4v) is 3.21. The van der Waals surface area contributed by atoms with E-state index in [9.17, 15) is 13.7 Å². The van der Waals surface area contributed by atoms with Gasteiger partial charge in [0, 0.05) is 17.2 Å². The maximum Gasteiger partial charge on any atom is 0.175 e. The van der Waals surface area contributed by atoms with Crippen molar-refractivity contribution in [3.63, 3.8) is 0 Å². The molecule has 1 heterocycles. The smallest absolute Gasteiger partial charge is 0.175 e. The van der Waals surface area contributed by atoms with Crippen molar-refractivity contribution in [2.24, 2.45) is 0 Å². The summed E-state index contributed by atoms with van der Waals surface area (Å²) in [7, 11) is -3.25. The summed E-state index contributed by atoms with van der Waals surface area (Å²) in [4.78, 5) is 4.84. The summed E-state index contributed by atoms with van der Waals surface area (Å²) in [6, 6.07) is 16.3. The van der Waals surface area contributed by atoms with Gasteiger partial charge < -0.3 is 0 Å². The second-order valence-corrected chi connectivity index (χ2v) is 7.40. The number of benzene rings is 2. The molecule has 0 aliphatic carbocycles. The van der Waals surface area contributed by atoms with E-state index in [1.54, 1.807) is 12.1 Å². The van der Waals surface area contributed by atoms with Gasteiger partial charge in [-0.05, 0) is 30.7 Å². The van der Waals surface area contributed by atoms with E-state index in [1.807, 2.05) is 31.2 Å². The van der Waals surface area contributed by atoms with Crippen molar-refractivity contribution in [1.82, 2.24) is 4.98 Å². The van der Waals surface area contributed by atoms with Crippen molar-refractivity contribution in [3.8, 4) is 17.3 Å². The van der Waals surface area contributed by atoms with Crippen LogP contribution in [0.4, 0.5) is 0 Å². The van der Waals surface area contributed by atoms with E-state index in [0.717, 1.165) is 22.0 Å². The SMILES string of the molecule is Cc1c(C#N)c(-c2ccc(S(C)(=O)=O)cc2)nc2ccccc12. The predicted molar refractivity (Wildman–Crippen MR) is 89.7 cm³/mol. The number of aryl methyl sites for hydroxylation is 1. The Labute approximate surface area is 135 Å². The Bertz CT molecular complexity index is 1050. The maximum atomic E-state index is 11.6. The van der Waals surface area contributed by atoms with Crippen LogP contribution >= 0.6 is 0 Å². The highest BCUT2D eigenvalue weighted by atomic mass is 32.2. The Morgan fingerprint density at radius 2 is 1.70 bits per heavy atom. The topological polar surface area (TPSA) is 70.8 Å². The summed E-state index contributed by atoms with van der Waals surface area (Å²) < 4.78 is 23.1. The van der Waals surface area contributed by atoms with Crippen LogP contribution in [0.15, 0.2) is 53.4 Å². The number of nitrogens with zero attached hydrogens (tertiary/aromatic N) is 2. The van der Waals surface area contributed by atoms with Crippen molar-refractivity contribution >= 4 is 20.7 Å². The molecule has 0 aliphatic heterocycles. The van der Waals surface area contributed by atoms with Crippen LogP contribution in [-0.2, 0) is 9.84 Å². The minimum absolute atomic E-state index is 0.247. The van der Waals surface area contributed by atoms with Gasteiger partial charge in [-0.2, -0.15) is 5.26 Å². The number of sulfone groups is 1. The molecule has 0 radical (unpaired) electrons. The minimum Gasteiger partial charge on any atom is -0.246 e. The van der Waals surface area contributed by atoms with Gasteiger partial charge in [-0.15, -0.1) is 0 Å². The summed E-state index contributed by atoms with van der Waals surface area (Å²) in [5.41, 5.74) is 3.49. The second-order valence-electron chi connectivity index (χ2n) is 5.39. The summed E-state index contributed by atoms with van der Waals surface area (Å²) in [5, 5.41) is 10.5. The van der Waals surface area contributed by atoms with Gasteiger partial charge in [-0.1, -0.05) is 30.3 Å². The zero-order valence-electron chi connectivity index (χ0n) is 12.7. The molecule has 0 saturated carbocycles. The normalized spacial score (nSPS) is 11.3. The van der Waals surface area contributed by atoms with Crippen LogP contribution < -0.4 is 0 Å². The Morgan fingerprint density at radius 1 is 1.04 bits per heavy atom. The van der Waals surface area contributed by atoms with Crippen LogP contribution in [0.5, 0.6) is 0 Å². The van der Waals surface area contributed by atoms with E-state index >= 15 is 0 Å². The first-order valence-corrected chi connectivity index (χ1v) is 8.91. The van der Waals surface area contributed by atoms with E-state index in [0.29, 0.717) is 11.3 Å². The lowest BCUT2D eigenvalue weighted by atomic mass is 9.98. The van der Waals surface area contributed by atoms with E-state index in [-0.39, 0.29) is 4.90 Å². The third-order valence-electron chi connectivity index (χ3n) is 3.82. The van der Waals surface area contributed by atoms with Crippen molar-refractivity contribution in [2.45, 2.75) is 11.8 Å². The highest BCUT2D eigenvalue weighted by Gasteiger charge is 2.14. The molecule has 3 rings (SSSR count). The lowest BCUT2D eigenvalue weighted by Gasteiger charge is -2.10. The monoisotopic (exact) mass is 322 g/mol. The molecule has 0 fully saturated rings. The number of hydrogen-bond acceptors (Lipinski definition) is 4. The van der Waals surface area contributed by atoms with Crippen molar-refractivity contribution < 1.29 is 8.42 Å². The summed E-state index contributed by atoms with van der Waals surface area (Å²) in [6.45, 7) is 1.90. The van der Waals surface area contributed by atoms with Gasteiger partial charge in [0.15, 0.2) is 9.84 Å². The van der Waals surface area contributed by atoms with Gasteiger partial charge in [0.25, 0.3) is 0 Å². The molecule has 0 saturated heterocycles. The van der Waals surface area contributed by atoms with E-state index in [4.69, 9.17) is 0 Å². The largest absolute Gasteiger partial charge is 0.246 e. The number of hydrogen-bond donors (Lipinski definition) is 0. The molecule has 0 bridgehead atoms. The number of aromatic nitrogens is 1. The summed E-state index contributed by atoms with van der Waals surface area (Å²) in [5.74, 6) is 0. The molecule has 4 nitrogen and oxygen atoms in total. The zero-order valence-corrected chi connectivity index (χ0v) is 13.6. The lowest BCUT2D eigenvalue weighted by molar-refractivity contribution is 0.602. The fraction of sp³-hybridized carbons (Fsp3) is 0.111. The van der Waals surface area contributed by atoms with Crippen LogP contribution in [-0.4, -0.2) is 19.7 Å². The first kappa shape index (κ1) is 15.2. The molecule has 2 aromatic carbocycles. The van der Waals surface area contributed by atoms with E-state index in [1.165, 1.54) is 18.4 Å². The molecule has 0 N–H and O–H groups in total. The van der Waals surface area contributed by atoms with Crippen molar-refractivity contribution in [2.75, 3.05) is 6.26 Å². The molecule has 5 heteroatoms. The molecular formula is C18H14N2O2S. The molecule has 23 heavy (non-hydrogen) atoms. The van der Waals surface area contributed by atoms with Gasteiger partial charge in [0.05, 0.1) is 21.7 Å². The molecule has 3 aromatic rings. The van der Waals surface area contributed by atoms with E-state index < -0.39 is 9.84 Å². The standard InChI is InChI=1S/C18H14N2O2S/c1-12-15-5-3-4-6-17(15)20-18(16(12)11-19)13-7-9-14(10-8-13)23(2,21)22/h3-10H,1-2H3. The molecule has 0 amide bonds. The Hall–Kier alpha value is -2.71. The highest BCUT2D eigenvalue weighted by molar-refractivity contribution is 7.90. The molecule has 0 atom stereocenters. The van der Waals surface area contributed by atoms with Gasteiger partial charge in [-0.25, -0.2) is 13.4 Å². The number of fused-ring (bicyclic) bond motifs is 1. The van der Waals surface area contributed by atoms with Gasteiger partial charge >= 0.3 is 0 Å². The van der Waals surface area contributed by atoms with Gasteiger partial charge in [0.2, 0.25) is 0 Å². The Morgan fingerprint density at radius 3 is 2.30 bits per heavy atom. The van der Waals surface area contributed by atoms with E-state index in [2.05, 4.69) is 11.1 Å². The van der Waals surface area contributed by atoms with Crippen LogP contribution in [0.2, 0.25) is 0 Å². The quantitative estimate of drug-likeness (QED) is 0.724. The number of para-hydroxylation sites is 1. The zero-order chi connectivity index (χ0) is 16.6. The average Bonchev–Trinajstić information content (AvgIpc) is 2.54. The number of rotatable bonds is 2. The summed E-state index contributed by atoms with van der Waals surface area (Å²) >= 11 is 0. The first-order valence-electron chi connectivity index (χ1n) is 7.02. The van der Waals surface area contributed by atoms with Crippen LogP contribution in [0.3, 0.4) is 0 Å². The summed E-state index contributed by atoms with van der Waals surface area (Å²) in [6.07, 6.45) is 1.17. The minimum atomic E-state index is -3.25. The molecular weight excluding hydrogens is 308 g/mol. The molecule has 0 spiro atoms. The maximum absolute atomic E-state index is 11.6. The highest BCUT2D eigenvalue weighted by Crippen LogP contribution is 2.29. The van der Waals surface area contributed by atoms with Gasteiger partial charge in [0.1, 0.15) is 6.07 Å².